The first-order valence-corrected chi connectivity index (χ1v) is 7.55. The summed E-state index contributed by atoms with van der Waals surface area (Å²) < 4.78 is 0. The van der Waals surface area contributed by atoms with Crippen LogP contribution >= 0.6 is 0 Å². The number of nitrogens with one attached hydrogen (secondary N) is 1. The molecule has 0 radical (unpaired) electrons. The van der Waals surface area contributed by atoms with E-state index in [1.165, 1.54) is 22.3 Å². The van der Waals surface area contributed by atoms with Crippen molar-refractivity contribution in [3.05, 3.63) is 70.8 Å². The first-order valence-electron chi connectivity index (χ1n) is 7.55. The highest BCUT2D eigenvalue weighted by atomic mass is 15.0. The zero-order chi connectivity index (χ0) is 14.1. The van der Waals surface area contributed by atoms with Crippen LogP contribution in [0, 0.1) is 12.8 Å². The highest BCUT2D eigenvalue weighted by Gasteiger charge is 2.28. The molecule has 1 aliphatic heterocycles. The zero-order valence-electron chi connectivity index (χ0n) is 12.6. The van der Waals surface area contributed by atoms with Crippen LogP contribution in [0.15, 0.2) is 48.5 Å². The molecular formula is C19H23N. The van der Waals surface area contributed by atoms with Gasteiger partial charge in [0.05, 0.1) is 6.04 Å². The van der Waals surface area contributed by atoms with Gasteiger partial charge in [0.2, 0.25) is 0 Å². The quantitative estimate of drug-likeness (QED) is 0.855. The fourth-order valence-electron chi connectivity index (χ4n) is 3.06. The summed E-state index contributed by atoms with van der Waals surface area (Å²) in [6, 6.07) is 18.7. The van der Waals surface area contributed by atoms with E-state index in [0.29, 0.717) is 18.0 Å². The lowest BCUT2D eigenvalue weighted by Gasteiger charge is -2.35. The Morgan fingerprint density at radius 1 is 1.00 bits per heavy atom. The Kier molecular flexibility index (Phi) is 3.62. The van der Waals surface area contributed by atoms with Gasteiger partial charge < -0.3 is 5.32 Å². The van der Waals surface area contributed by atoms with Crippen molar-refractivity contribution in [1.82, 2.24) is 5.32 Å². The standard InChI is InChI=1S/C19H23N/c1-13(2)18-12-16-6-4-5-7-17(16)19(20-18)15-10-8-14(3)9-11-15/h4-11,13,18-20H,12H2,1-3H3. The maximum absolute atomic E-state index is 3.84. The van der Waals surface area contributed by atoms with Crippen LogP contribution in [-0.2, 0) is 6.42 Å². The summed E-state index contributed by atoms with van der Waals surface area (Å²) >= 11 is 0. The summed E-state index contributed by atoms with van der Waals surface area (Å²) in [6.45, 7) is 6.75. The Labute approximate surface area is 122 Å². The molecule has 2 aromatic carbocycles. The van der Waals surface area contributed by atoms with Crippen molar-refractivity contribution in [3.63, 3.8) is 0 Å². The normalized spacial score (nSPS) is 21.8. The van der Waals surface area contributed by atoms with Gasteiger partial charge in [-0.05, 0) is 36.0 Å². The van der Waals surface area contributed by atoms with E-state index in [9.17, 15) is 0 Å². The smallest absolute Gasteiger partial charge is 0.0581 e. The van der Waals surface area contributed by atoms with Crippen LogP contribution in [0.5, 0.6) is 0 Å². The Hall–Kier alpha value is -1.60. The molecule has 0 bridgehead atoms. The molecule has 0 aliphatic carbocycles. The van der Waals surface area contributed by atoms with E-state index in [0.717, 1.165) is 6.42 Å². The molecule has 104 valence electrons. The summed E-state index contributed by atoms with van der Waals surface area (Å²) in [5, 5.41) is 3.84. The van der Waals surface area contributed by atoms with E-state index in [4.69, 9.17) is 0 Å². The predicted octanol–water partition coefficient (Wildman–Crippen LogP) is 4.25. The molecule has 2 atom stereocenters. The largest absolute Gasteiger partial charge is 0.303 e. The lowest BCUT2D eigenvalue weighted by atomic mass is 9.83. The Balaban J connectivity index is 2.02. The van der Waals surface area contributed by atoms with Gasteiger partial charge in [-0.1, -0.05) is 67.9 Å². The molecule has 1 aliphatic rings. The van der Waals surface area contributed by atoms with Crippen molar-refractivity contribution >= 4 is 0 Å². The van der Waals surface area contributed by atoms with E-state index in [2.05, 4.69) is 74.6 Å². The van der Waals surface area contributed by atoms with Gasteiger partial charge in [-0.15, -0.1) is 0 Å². The lowest BCUT2D eigenvalue weighted by molar-refractivity contribution is 0.352. The summed E-state index contributed by atoms with van der Waals surface area (Å²) in [5.74, 6) is 0.649. The average molecular weight is 265 g/mol. The third kappa shape index (κ3) is 2.51. The van der Waals surface area contributed by atoms with Gasteiger partial charge >= 0.3 is 0 Å². The predicted molar refractivity (Wildman–Crippen MR) is 84.9 cm³/mol. The van der Waals surface area contributed by atoms with Gasteiger partial charge in [0.1, 0.15) is 0 Å². The van der Waals surface area contributed by atoms with E-state index >= 15 is 0 Å². The van der Waals surface area contributed by atoms with Crippen molar-refractivity contribution in [3.8, 4) is 0 Å². The average Bonchev–Trinajstić information content (AvgIpc) is 2.47. The van der Waals surface area contributed by atoms with Crippen LogP contribution in [0.3, 0.4) is 0 Å². The van der Waals surface area contributed by atoms with Crippen molar-refractivity contribution in [1.29, 1.82) is 0 Å². The summed E-state index contributed by atoms with van der Waals surface area (Å²) in [7, 11) is 0. The number of rotatable bonds is 2. The zero-order valence-corrected chi connectivity index (χ0v) is 12.6. The second-order valence-electron chi connectivity index (χ2n) is 6.26. The van der Waals surface area contributed by atoms with Gasteiger partial charge in [0.25, 0.3) is 0 Å². The van der Waals surface area contributed by atoms with Crippen molar-refractivity contribution < 1.29 is 0 Å². The molecule has 20 heavy (non-hydrogen) atoms. The molecular weight excluding hydrogens is 242 g/mol. The van der Waals surface area contributed by atoms with E-state index < -0.39 is 0 Å². The minimum Gasteiger partial charge on any atom is -0.303 e. The molecule has 3 rings (SSSR count). The fraction of sp³-hybridized carbons (Fsp3) is 0.368. The monoisotopic (exact) mass is 265 g/mol. The van der Waals surface area contributed by atoms with Crippen LogP contribution in [-0.4, -0.2) is 6.04 Å². The van der Waals surface area contributed by atoms with Gasteiger partial charge in [0.15, 0.2) is 0 Å². The van der Waals surface area contributed by atoms with Gasteiger partial charge in [-0.2, -0.15) is 0 Å². The molecule has 1 heteroatoms. The molecule has 0 spiro atoms. The van der Waals surface area contributed by atoms with Crippen molar-refractivity contribution in [2.75, 3.05) is 0 Å². The molecule has 0 saturated carbocycles. The van der Waals surface area contributed by atoms with Crippen LogP contribution in [0.25, 0.3) is 0 Å². The number of fused-ring (bicyclic) bond motifs is 1. The maximum Gasteiger partial charge on any atom is 0.0581 e. The molecule has 1 heterocycles. The van der Waals surface area contributed by atoms with Gasteiger partial charge in [0, 0.05) is 6.04 Å². The number of hydrogen-bond acceptors (Lipinski definition) is 1. The van der Waals surface area contributed by atoms with Crippen LogP contribution in [0.1, 0.15) is 42.1 Å². The third-order valence-corrected chi connectivity index (χ3v) is 4.40. The van der Waals surface area contributed by atoms with E-state index in [-0.39, 0.29) is 0 Å². The van der Waals surface area contributed by atoms with E-state index in [1.807, 2.05) is 0 Å². The van der Waals surface area contributed by atoms with Crippen molar-refractivity contribution in [2.45, 2.75) is 39.3 Å². The second-order valence-corrected chi connectivity index (χ2v) is 6.26. The van der Waals surface area contributed by atoms with Crippen LogP contribution in [0.4, 0.5) is 0 Å². The molecule has 1 N–H and O–H groups in total. The molecule has 0 amide bonds. The molecule has 0 saturated heterocycles. The molecule has 0 fully saturated rings. The highest BCUT2D eigenvalue weighted by molar-refractivity contribution is 5.40. The molecule has 2 unspecified atom stereocenters. The molecule has 1 nitrogen and oxygen atoms in total. The molecule has 0 aromatic heterocycles. The lowest BCUT2D eigenvalue weighted by Crippen LogP contribution is -2.43. The maximum atomic E-state index is 3.84. The summed E-state index contributed by atoms with van der Waals surface area (Å²) in [6.07, 6.45) is 1.14. The first-order chi connectivity index (χ1) is 9.65. The van der Waals surface area contributed by atoms with Gasteiger partial charge in [-0.25, -0.2) is 0 Å². The first kappa shape index (κ1) is 13.4. The number of aryl methyl sites for hydroxylation is 1. The van der Waals surface area contributed by atoms with Crippen molar-refractivity contribution in [2.24, 2.45) is 5.92 Å². The van der Waals surface area contributed by atoms with Crippen LogP contribution in [0.2, 0.25) is 0 Å². The minimum atomic E-state index is 0.327. The van der Waals surface area contributed by atoms with E-state index in [1.54, 1.807) is 0 Å². The summed E-state index contributed by atoms with van der Waals surface area (Å²) in [5.41, 5.74) is 5.62. The van der Waals surface area contributed by atoms with Crippen LogP contribution < -0.4 is 5.32 Å². The SMILES string of the molecule is Cc1ccc(C2NC(C(C)C)Cc3ccccc32)cc1. The Bertz CT molecular complexity index is 583. The summed E-state index contributed by atoms with van der Waals surface area (Å²) in [4.78, 5) is 0. The second kappa shape index (κ2) is 5.41. The topological polar surface area (TPSA) is 12.0 Å². The van der Waals surface area contributed by atoms with Gasteiger partial charge in [-0.3, -0.25) is 0 Å². The fourth-order valence-corrected chi connectivity index (χ4v) is 3.06. The Morgan fingerprint density at radius 3 is 2.40 bits per heavy atom. The highest BCUT2D eigenvalue weighted by Crippen LogP contribution is 2.32. The third-order valence-electron chi connectivity index (χ3n) is 4.40. The Morgan fingerprint density at radius 2 is 1.70 bits per heavy atom. The minimum absolute atomic E-state index is 0.327. The molecule has 2 aromatic rings. The number of benzene rings is 2. The number of hydrogen-bond donors (Lipinski definition) is 1.